The number of nitrogens with one attached hydrogen (secondary N) is 2. The third kappa shape index (κ3) is 5.26. The number of aromatic amines is 1. The van der Waals surface area contributed by atoms with E-state index in [1.54, 1.807) is 36.4 Å². The Labute approximate surface area is 190 Å². The summed E-state index contributed by atoms with van der Waals surface area (Å²) in [5.74, 6) is 0.327. The number of halogens is 1. The molecule has 0 aliphatic rings. The lowest BCUT2D eigenvalue weighted by Gasteiger charge is -2.11. The Morgan fingerprint density at radius 2 is 2.06 bits per heavy atom. The predicted octanol–water partition coefficient (Wildman–Crippen LogP) is 3.29. The molecule has 0 radical (unpaired) electrons. The maximum Gasteiger partial charge on any atom is 0.308 e. The molecule has 3 aromatic rings. The third-order valence-electron chi connectivity index (χ3n) is 3.96. The van der Waals surface area contributed by atoms with Crippen molar-refractivity contribution < 1.29 is 14.3 Å². The van der Waals surface area contributed by atoms with E-state index in [4.69, 9.17) is 9.47 Å². The maximum atomic E-state index is 12.3. The van der Waals surface area contributed by atoms with Crippen LogP contribution in [0.5, 0.6) is 11.5 Å². The number of hydrogen-bond donors (Lipinski definition) is 2. The van der Waals surface area contributed by atoms with E-state index in [2.05, 4.69) is 20.5 Å². The van der Waals surface area contributed by atoms with Crippen LogP contribution >= 0.6 is 22.6 Å². The van der Waals surface area contributed by atoms with E-state index in [9.17, 15) is 14.9 Å². The maximum absolute atomic E-state index is 12.3. The van der Waals surface area contributed by atoms with Gasteiger partial charge in [0.25, 0.3) is 5.56 Å². The lowest BCUT2D eigenvalue weighted by molar-refractivity contribution is -0.132. The van der Waals surface area contributed by atoms with Gasteiger partial charge < -0.3 is 9.47 Å². The molecule has 10 heteroatoms. The summed E-state index contributed by atoms with van der Waals surface area (Å²) in [6.45, 7) is 1.31. The number of anilines is 1. The highest BCUT2D eigenvalue weighted by molar-refractivity contribution is 14.1. The second-order valence-corrected chi connectivity index (χ2v) is 7.28. The van der Waals surface area contributed by atoms with Crippen LogP contribution in [0.3, 0.4) is 0 Å². The molecule has 0 saturated carbocycles. The van der Waals surface area contributed by atoms with Crippen LogP contribution in [0.2, 0.25) is 0 Å². The second-order valence-electron chi connectivity index (χ2n) is 6.11. The SMILES string of the molecule is COc1cc(C=NNc2nc(-c3ccccc3)c(C#N)c(=O)[nH]2)cc(I)c1OC(C)=O. The van der Waals surface area contributed by atoms with Crippen molar-refractivity contribution in [1.82, 2.24) is 9.97 Å². The number of carbonyl (C=O) groups is 1. The Kier molecular flexibility index (Phi) is 6.99. The fourth-order valence-corrected chi connectivity index (χ4v) is 3.40. The first-order valence-corrected chi connectivity index (χ1v) is 9.95. The zero-order chi connectivity index (χ0) is 22.4. The number of carbonyl (C=O) groups excluding carboxylic acids is 1. The Bertz CT molecular complexity index is 1250. The number of nitriles is 1. The summed E-state index contributed by atoms with van der Waals surface area (Å²) in [6.07, 6.45) is 1.49. The van der Waals surface area contributed by atoms with Gasteiger partial charge in [-0.2, -0.15) is 10.4 Å². The highest BCUT2D eigenvalue weighted by atomic mass is 127. The van der Waals surface area contributed by atoms with Crippen LogP contribution in [0.4, 0.5) is 5.95 Å². The Hall–Kier alpha value is -3.72. The minimum atomic E-state index is -0.573. The molecule has 2 aromatic carbocycles. The smallest absolute Gasteiger partial charge is 0.308 e. The van der Waals surface area contributed by atoms with Gasteiger partial charge in [-0.3, -0.25) is 14.6 Å². The largest absolute Gasteiger partial charge is 0.493 e. The molecule has 0 amide bonds. The minimum absolute atomic E-state index is 0.0808. The Morgan fingerprint density at radius 1 is 1.32 bits per heavy atom. The normalized spacial score (nSPS) is 10.5. The van der Waals surface area contributed by atoms with Gasteiger partial charge in [0.1, 0.15) is 11.6 Å². The van der Waals surface area contributed by atoms with Gasteiger partial charge in [0.15, 0.2) is 11.5 Å². The molecule has 0 aliphatic carbocycles. The van der Waals surface area contributed by atoms with Crippen LogP contribution in [-0.2, 0) is 4.79 Å². The van der Waals surface area contributed by atoms with Gasteiger partial charge in [-0.25, -0.2) is 10.4 Å². The van der Waals surface area contributed by atoms with Crippen molar-refractivity contribution in [2.24, 2.45) is 5.10 Å². The first kappa shape index (κ1) is 22.0. The fourth-order valence-electron chi connectivity index (χ4n) is 2.66. The summed E-state index contributed by atoms with van der Waals surface area (Å²) in [5, 5.41) is 13.4. The van der Waals surface area contributed by atoms with Crippen molar-refractivity contribution in [1.29, 1.82) is 5.26 Å². The van der Waals surface area contributed by atoms with E-state index in [-0.39, 0.29) is 17.2 Å². The fraction of sp³-hybridized carbons (Fsp3) is 0.0952. The zero-order valence-corrected chi connectivity index (χ0v) is 18.6. The standard InChI is InChI=1S/C21H16IN5O4/c1-12(28)31-19-16(22)8-13(9-17(19)30-2)11-24-27-21-25-18(14-6-4-3-5-7-14)15(10-23)20(29)26-21/h3-9,11H,1-2H3,(H2,25,26,27,29). The number of nitrogens with zero attached hydrogens (tertiary/aromatic N) is 3. The third-order valence-corrected chi connectivity index (χ3v) is 4.76. The van der Waals surface area contributed by atoms with E-state index >= 15 is 0 Å². The number of hydrogen-bond acceptors (Lipinski definition) is 8. The molecule has 0 fully saturated rings. The van der Waals surface area contributed by atoms with Gasteiger partial charge in [-0.05, 0) is 40.3 Å². The van der Waals surface area contributed by atoms with Crippen LogP contribution < -0.4 is 20.5 Å². The topological polar surface area (TPSA) is 129 Å². The molecular formula is C21H16IN5O4. The van der Waals surface area contributed by atoms with Gasteiger partial charge in [0.05, 0.1) is 22.6 Å². The molecule has 31 heavy (non-hydrogen) atoms. The number of aromatic nitrogens is 2. The van der Waals surface area contributed by atoms with Crippen molar-refractivity contribution in [2.75, 3.05) is 12.5 Å². The van der Waals surface area contributed by atoms with Gasteiger partial charge in [0, 0.05) is 12.5 Å². The van der Waals surface area contributed by atoms with Crippen LogP contribution in [0.1, 0.15) is 18.1 Å². The van der Waals surface area contributed by atoms with Gasteiger partial charge >= 0.3 is 5.97 Å². The van der Waals surface area contributed by atoms with Crippen LogP contribution in [0, 0.1) is 14.9 Å². The average Bonchev–Trinajstić information content (AvgIpc) is 2.75. The van der Waals surface area contributed by atoms with Crippen molar-refractivity contribution in [3.05, 3.63) is 67.5 Å². The molecule has 0 bridgehead atoms. The van der Waals surface area contributed by atoms with E-state index in [0.29, 0.717) is 26.2 Å². The summed E-state index contributed by atoms with van der Waals surface area (Å²) < 4.78 is 11.1. The van der Waals surface area contributed by atoms with Gasteiger partial charge in [-0.1, -0.05) is 30.3 Å². The molecule has 9 nitrogen and oxygen atoms in total. The number of ether oxygens (including phenoxy) is 2. The number of hydrazone groups is 1. The summed E-state index contributed by atoms with van der Waals surface area (Å²) in [6, 6.07) is 14.2. The van der Waals surface area contributed by atoms with Crippen molar-refractivity contribution in [3.63, 3.8) is 0 Å². The molecule has 3 rings (SSSR count). The summed E-state index contributed by atoms with van der Waals surface area (Å²) in [4.78, 5) is 30.4. The second kappa shape index (κ2) is 9.86. The molecule has 0 spiro atoms. The average molecular weight is 529 g/mol. The first-order valence-electron chi connectivity index (χ1n) is 8.87. The van der Waals surface area contributed by atoms with E-state index < -0.39 is 11.5 Å². The number of methoxy groups -OCH3 is 1. The number of esters is 1. The number of rotatable bonds is 6. The van der Waals surface area contributed by atoms with Crippen LogP contribution in [0.15, 0.2) is 52.4 Å². The highest BCUT2D eigenvalue weighted by Crippen LogP contribution is 2.33. The lowest BCUT2D eigenvalue weighted by Crippen LogP contribution is -2.16. The van der Waals surface area contributed by atoms with Crippen LogP contribution in [0.25, 0.3) is 11.3 Å². The summed E-state index contributed by atoms with van der Waals surface area (Å²) in [5.41, 5.74) is 3.56. The summed E-state index contributed by atoms with van der Waals surface area (Å²) in [7, 11) is 1.47. The first-order chi connectivity index (χ1) is 14.9. The van der Waals surface area contributed by atoms with Crippen molar-refractivity contribution in [3.8, 4) is 28.8 Å². The molecule has 0 unspecified atom stereocenters. The quantitative estimate of drug-likeness (QED) is 0.165. The molecule has 1 aromatic heterocycles. The predicted molar refractivity (Wildman–Crippen MR) is 123 cm³/mol. The number of H-pyrrole nitrogens is 1. The monoisotopic (exact) mass is 529 g/mol. The highest BCUT2D eigenvalue weighted by Gasteiger charge is 2.14. The minimum Gasteiger partial charge on any atom is -0.493 e. The zero-order valence-electron chi connectivity index (χ0n) is 16.5. The van der Waals surface area contributed by atoms with Gasteiger partial charge in [0.2, 0.25) is 5.95 Å². The Balaban J connectivity index is 1.89. The van der Waals surface area contributed by atoms with E-state index in [1.165, 1.54) is 20.2 Å². The summed E-state index contributed by atoms with van der Waals surface area (Å²) >= 11 is 2.02. The molecule has 0 aliphatic heterocycles. The number of benzene rings is 2. The van der Waals surface area contributed by atoms with Crippen molar-refractivity contribution in [2.45, 2.75) is 6.92 Å². The van der Waals surface area contributed by atoms with Crippen molar-refractivity contribution >= 4 is 40.7 Å². The van der Waals surface area contributed by atoms with E-state index in [0.717, 1.165) is 0 Å². The molecule has 2 N–H and O–H groups in total. The molecule has 0 atom stereocenters. The molecule has 156 valence electrons. The molecule has 0 saturated heterocycles. The lowest BCUT2D eigenvalue weighted by atomic mass is 10.1. The molecule has 1 heterocycles. The van der Waals surface area contributed by atoms with Gasteiger partial charge in [-0.15, -0.1) is 0 Å². The molecular weight excluding hydrogens is 513 g/mol. The van der Waals surface area contributed by atoms with Crippen LogP contribution in [-0.4, -0.2) is 29.3 Å². The Morgan fingerprint density at radius 3 is 2.71 bits per heavy atom. The van der Waals surface area contributed by atoms with E-state index in [1.807, 2.05) is 34.7 Å².